The normalized spacial score (nSPS) is 10.7. The van der Waals surface area contributed by atoms with E-state index in [0.717, 1.165) is 0 Å². The van der Waals surface area contributed by atoms with Crippen LogP contribution in [-0.4, -0.2) is 24.5 Å². The SMILES string of the molecule is CC.CCCCCCCCCCCCN(C)C(C)C. The lowest BCUT2D eigenvalue weighted by Crippen LogP contribution is -2.27. The molecule has 0 unspecified atom stereocenters. The van der Waals surface area contributed by atoms with Gasteiger partial charge < -0.3 is 4.90 Å². The highest BCUT2D eigenvalue weighted by atomic mass is 15.1. The topological polar surface area (TPSA) is 3.24 Å². The van der Waals surface area contributed by atoms with Gasteiger partial charge in [0.05, 0.1) is 0 Å². The van der Waals surface area contributed by atoms with Crippen LogP contribution in [0.5, 0.6) is 0 Å². The molecule has 0 atom stereocenters. The zero-order valence-electron chi connectivity index (χ0n) is 14.8. The van der Waals surface area contributed by atoms with Gasteiger partial charge in [0.15, 0.2) is 0 Å². The third-order valence-electron chi connectivity index (χ3n) is 3.75. The molecule has 1 nitrogen and oxygen atoms in total. The van der Waals surface area contributed by atoms with Crippen molar-refractivity contribution < 1.29 is 0 Å². The van der Waals surface area contributed by atoms with E-state index in [4.69, 9.17) is 0 Å². The molecule has 0 heterocycles. The molecule has 0 bridgehead atoms. The Hall–Kier alpha value is -0.0400. The number of nitrogens with zero attached hydrogens (tertiary/aromatic N) is 1. The summed E-state index contributed by atoms with van der Waals surface area (Å²) in [4.78, 5) is 2.45. The molecule has 0 fully saturated rings. The maximum absolute atomic E-state index is 2.45. The molecule has 0 saturated heterocycles. The largest absolute Gasteiger partial charge is 0.304 e. The Balaban J connectivity index is 0. The molecule has 0 rings (SSSR count). The Morgan fingerprint density at radius 2 is 1.05 bits per heavy atom. The minimum Gasteiger partial charge on any atom is -0.304 e. The summed E-state index contributed by atoms with van der Waals surface area (Å²) in [5, 5.41) is 0. The molecule has 0 aliphatic rings. The monoisotopic (exact) mass is 271 g/mol. The second-order valence-electron chi connectivity index (χ2n) is 5.76. The van der Waals surface area contributed by atoms with Crippen LogP contribution in [0.1, 0.15) is 98.8 Å². The first-order valence-electron chi connectivity index (χ1n) is 8.88. The molecule has 1 heteroatoms. The van der Waals surface area contributed by atoms with Crippen LogP contribution >= 0.6 is 0 Å². The van der Waals surface area contributed by atoms with Crippen molar-refractivity contribution >= 4 is 0 Å². The summed E-state index contributed by atoms with van der Waals surface area (Å²) in [6.45, 7) is 12.1. The molecule has 0 aromatic heterocycles. The zero-order valence-corrected chi connectivity index (χ0v) is 14.8. The molecule has 0 aromatic rings. The number of unbranched alkanes of at least 4 members (excludes halogenated alkanes) is 9. The van der Waals surface area contributed by atoms with Gasteiger partial charge in [-0.1, -0.05) is 78.6 Å². The summed E-state index contributed by atoms with van der Waals surface area (Å²) < 4.78 is 0. The fourth-order valence-electron chi connectivity index (χ4n) is 2.11. The fourth-order valence-corrected chi connectivity index (χ4v) is 2.11. The lowest BCUT2D eigenvalue weighted by molar-refractivity contribution is 0.267. The summed E-state index contributed by atoms with van der Waals surface area (Å²) in [5.41, 5.74) is 0. The second kappa shape index (κ2) is 18.0. The molecular formula is C18H41N. The Kier molecular flexibility index (Phi) is 20.1. The summed E-state index contributed by atoms with van der Waals surface area (Å²) in [5.74, 6) is 0. The van der Waals surface area contributed by atoms with Gasteiger partial charge in [-0.15, -0.1) is 0 Å². The van der Waals surface area contributed by atoms with E-state index in [1.54, 1.807) is 0 Å². The number of rotatable bonds is 12. The summed E-state index contributed by atoms with van der Waals surface area (Å²) in [6.07, 6.45) is 14.3. The molecule has 0 aliphatic carbocycles. The van der Waals surface area contributed by atoms with Crippen LogP contribution in [0.25, 0.3) is 0 Å². The van der Waals surface area contributed by atoms with Crippen LogP contribution in [0, 0.1) is 0 Å². The first-order chi connectivity index (χ1) is 9.18. The van der Waals surface area contributed by atoms with Crippen LogP contribution < -0.4 is 0 Å². The standard InChI is InChI=1S/C16H35N.C2H6/c1-5-6-7-8-9-10-11-12-13-14-15-17(4)16(2)3;1-2/h16H,5-15H2,1-4H3;1-2H3. The van der Waals surface area contributed by atoms with Crippen molar-refractivity contribution in [3.63, 3.8) is 0 Å². The van der Waals surface area contributed by atoms with Gasteiger partial charge in [-0.05, 0) is 33.9 Å². The van der Waals surface area contributed by atoms with Crippen molar-refractivity contribution in [2.45, 2.75) is 105 Å². The van der Waals surface area contributed by atoms with Crippen molar-refractivity contribution in [3.8, 4) is 0 Å². The second-order valence-corrected chi connectivity index (χ2v) is 5.76. The van der Waals surface area contributed by atoms with E-state index in [0.29, 0.717) is 6.04 Å². The molecule has 0 aromatic carbocycles. The Morgan fingerprint density at radius 3 is 1.42 bits per heavy atom. The Morgan fingerprint density at radius 1 is 0.684 bits per heavy atom. The zero-order chi connectivity index (χ0) is 14.9. The summed E-state index contributed by atoms with van der Waals surface area (Å²) in [7, 11) is 2.23. The average Bonchev–Trinajstić information content (AvgIpc) is 2.42. The molecule has 118 valence electrons. The molecule has 0 spiro atoms. The van der Waals surface area contributed by atoms with Gasteiger partial charge in [0, 0.05) is 6.04 Å². The van der Waals surface area contributed by atoms with Crippen LogP contribution in [-0.2, 0) is 0 Å². The van der Waals surface area contributed by atoms with Gasteiger partial charge in [0.1, 0.15) is 0 Å². The molecule has 0 saturated carbocycles. The quantitative estimate of drug-likeness (QED) is 0.378. The first kappa shape index (κ1) is 21.3. The minimum absolute atomic E-state index is 0.702. The Labute approximate surface area is 124 Å². The van der Waals surface area contributed by atoms with Crippen molar-refractivity contribution in [3.05, 3.63) is 0 Å². The van der Waals surface area contributed by atoms with Crippen molar-refractivity contribution in [2.75, 3.05) is 13.6 Å². The van der Waals surface area contributed by atoms with Crippen LogP contribution in [0.15, 0.2) is 0 Å². The van der Waals surface area contributed by atoms with E-state index < -0.39 is 0 Å². The van der Waals surface area contributed by atoms with E-state index in [-0.39, 0.29) is 0 Å². The molecule has 0 N–H and O–H groups in total. The predicted molar refractivity (Wildman–Crippen MR) is 91.0 cm³/mol. The lowest BCUT2D eigenvalue weighted by atomic mass is 10.1. The van der Waals surface area contributed by atoms with Gasteiger partial charge >= 0.3 is 0 Å². The van der Waals surface area contributed by atoms with E-state index >= 15 is 0 Å². The van der Waals surface area contributed by atoms with E-state index in [9.17, 15) is 0 Å². The van der Waals surface area contributed by atoms with Crippen LogP contribution in [0.4, 0.5) is 0 Å². The first-order valence-corrected chi connectivity index (χ1v) is 8.88. The smallest absolute Gasteiger partial charge is 0.00355 e. The van der Waals surface area contributed by atoms with Crippen LogP contribution in [0.2, 0.25) is 0 Å². The third kappa shape index (κ3) is 18.0. The van der Waals surface area contributed by atoms with Gasteiger partial charge in [-0.25, -0.2) is 0 Å². The molecule has 0 radical (unpaired) electrons. The molecular weight excluding hydrogens is 230 g/mol. The number of hydrogen-bond donors (Lipinski definition) is 0. The van der Waals surface area contributed by atoms with Gasteiger partial charge in [-0.2, -0.15) is 0 Å². The van der Waals surface area contributed by atoms with Crippen molar-refractivity contribution in [1.29, 1.82) is 0 Å². The lowest BCUT2D eigenvalue weighted by Gasteiger charge is -2.20. The van der Waals surface area contributed by atoms with E-state index in [1.165, 1.54) is 70.8 Å². The van der Waals surface area contributed by atoms with Gasteiger partial charge in [0.25, 0.3) is 0 Å². The fraction of sp³-hybridized carbons (Fsp3) is 1.00. The van der Waals surface area contributed by atoms with E-state index in [1.807, 2.05) is 13.8 Å². The van der Waals surface area contributed by atoms with Crippen LogP contribution in [0.3, 0.4) is 0 Å². The third-order valence-corrected chi connectivity index (χ3v) is 3.75. The highest BCUT2D eigenvalue weighted by Crippen LogP contribution is 2.10. The van der Waals surface area contributed by atoms with E-state index in [2.05, 4.69) is 32.7 Å². The van der Waals surface area contributed by atoms with Gasteiger partial charge in [0.2, 0.25) is 0 Å². The van der Waals surface area contributed by atoms with Crippen molar-refractivity contribution in [2.24, 2.45) is 0 Å². The summed E-state index contributed by atoms with van der Waals surface area (Å²) >= 11 is 0. The maximum atomic E-state index is 2.45. The summed E-state index contributed by atoms with van der Waals surface area (Å²) in [6, 6.07) is 0.702. The molecule has 0 amide bonds. The van der Waals surface area contributed by atoms with Gasteiger partial charge in [-0.3, -0.25) is 0 Å². The molecule has 0 aliphatic heterocycles. The highest BCUT2D eigenvalue weighted by molar-refractivity contribution is 4.57. The predicted octanol–water partition coefficient (Wildman–Crippen LogP) is 6.27. The van der Waals surface area contributed by atoms with Crippen molar-refractivity contribution in [1.82, 2.24) is 4.90 Å². The average molecular weight is 272 g/mol. The Bertz CT molecular complexity index is 143. The minimum atomic E-state index is 0.702. The number of hydrogen-bond acceptors (Lipinski definition) is 1. The highest BCUT2D eigenvalue weighted by Gasteiger charge is 2.01. The maximum Gasteiger partial charge on any atom is 0.00355 e. The molecule has 19 heavy (non-hydrogen) atoms.